The fraction of sp³-hybridized carbons (Fsp3) is 0.440. The number of aromatic nitrogens is 1. The summed E-state index contributed by atoms with van der Waals surface area (Å²) in [4.78, 5) is 42.4. The van der Waals surface area contributed by atoms with Crippen LogP contribution in [0.3, 0.4) is 0 Å². The van der Waals surface area contributed by atoms with Crippen molar-refractivity contribution in [3.05, 3.63) is 53.6 Å². The second kappa shape index (κ2) is 9.26. The first-order valence-corrected chi connectivity index (χ1v) is 11.7. The second-order valence-corrected chi connectivity index (χ2v) is 9.47. The maximum absolute atomic E-state index is 13.4. The quantitative estimate of drug-likeness (QED) is 0.648. The van der Waals surface area contributed by atoms with Crippen molar-refractivity contribution >= 4 is 23.4 Å². The van der Waals surface area contributed by atoms with Gasteiger partial charge in [0.2, 0.25) is 5.95 Å². The average molecular weight is 483 g/mol. The summed E-state index contributed by atoms with van der Waals surface area (Å²) >= 11 is 0. The average Bonchev–Trinajstić information content (AvgIpc) is 3.25. The highest BCUT2D eigenvalue weighted by Gasteiger charge is 2.43. The number of piperidine rings is 1. The molecule has 35 heavy (non-hydrogen) atoms. The number of amides is 3. The van der Waals surface area contributed by atoms with Gasteiger partial charge in [0.25, 0.3) is 17.7 Å². The molecule has 2 N–H and O–H groups in total. The zero-order valence-corrected chi connectivity index (χ0v) is 19.4. The molecular weight excluding hydrogens is 455 g/mol. The van der Waals surface area contributed by atoms with E-state index in [1.807, 2.05) is 0 Å². The molecule has 3 amide bonds. The molecule has 0 bridgehead atoms. The molecular formula is C25H27FN4O5. The lowest BCUT2D eigenvalue weighted by Crippen LogP contribution is -2.43. The van der Waals surface area contributed by atoms with Gasteiger partial charge < -0.3 is 25.0 Å². The lowest BCUT2D eigenvalue weighted by atomic mass is 9.76. The number of benzene rings is 1. The maximum Gasteiger partial charge on any atom is 0.265 e. The van der Waals surface area contributed by atoms with E-state index in [-0.39, 0.29) is 29.2 Å². The fourth-order valence-electron chi connectivity index (χ4n) is 4.94. The molecule has 0 saturated carbocycles. The molecule has 5 rings (SSSR count). The van der Waals surface area contributed by atoms with E-state index < -0.39 is 12.1 Å². The third-order valence-electron chi connectivity index (χ3n) is 7.03. The number of anilines is 1. The minimum Gasteiger partial charge on any atom is -0.479 e. The van der Waals surface area contributed by atoms with E-state index in [0.29, 0.717) is 48.8 Å². The molecule has 10 heteroatoms. The van der Waals surface area contributed by atoms with E-state index in [1.54, 1.807) is 30.0 Å². The van der Waals surface area contributed by atoms with Gasteiger partial charge >= 0.3 is 0 Å². The minimum atomic E-state index is -0.665. The smallest absolute Gasteiger partial charge is 0.265 e. The molecule has 3 aliphatic rings. The van der Waals surface area contributed by atoms with Crippen LogP contribution in [0.4, 0.5) is 10.1 Å². The Morgan fingerprint density at radius 1 is 1.23 bits per heavy atom. The van der Waals surface area contributed by atoms with Crippen molar-refractivity contribution in [2.75, 3.05) is 31.6 Å². The molecule has 1 aromatic carbocycles. The van der Waals surface area contributed by atoms with Gasteiger partial charge in [-0.25, -0.2) is 4.98 Å². The summed E-state index contributed by atoms with van der Waals surface area (Å²) in [6, 6.07) is 7.63. The predicted octanol–water partition coefficient (Wildman–Crippen LogP) is 2.38. The third kappa shape index (κ3) is 4.84. The van der Waals surface area contributed by atoms with Gasteiger partial charge in [-0.1, -0.05) is 0 Å². The first-order chi connectivity index (χ1) is 16.8. The van der Waals surface area contributed by atoms with Crippen molar-refractivity contribution in [1.82, 2.24) is 15.2 Å². The highest BCUT2D eigenvalue weighted by molar-refractivity contribution is 6.01. The Balaban J connectivity index is 1.12. The summed E-state index contributed by atoms with van der Waals surface area (Å²) in [5.74, 6) is -0.823. The molecule has 2 aromatic rings. The van der Waals surface area contributed by atoms with Gasteiger partial charge in [0.15, 0.2) is 6.10 Å². The van der Waals surface area contributed by atoms with Crippen molar-refractivity contribution in [2.45, 2.75) is 38.4 Å². The molecule has 2 saturated heterocycles. The molecule has 4 heterocycles. The summed E-state index contributed by atoms with van der Waals surface area (Å²) in [6.45, 7) is 3.77. The van der Waals surface area contributed by atoms with Gasteiger partial charge in [-0.15, -0.1) is 0 Å². The molecule has 0 radical (unpaired) electrons. The Bertz CT molecular complexity index is 1160. The number of rotatable bonds is 4. The zero-order chi connectivity index (χ0) is 24.6. The van der Waals surface area contributed by atoms with Crippen LogP contribution in [0.25, 0.3) is 0 Å². The van der Waals surface area contributed by atoms with Crippen LogP contribution in [0.2, 0.25) is 0 Å². The van der Waals surface area contributed by atoms with Crippen molar-refractivity contribution in [3.63, 3.8) is 0 Å². The molecule has 2 atom stereocenters. The third-order valence-corrected chi connectivity index (χ3v) is 7.03. The molecule has 2 unspecified atom stereocenters. The Hall–Kier alpha value is -3.53. The first kappa shape index (κ1) is 23.2. The van der Waals surface area contributed by atoms with Crippen LogP contribution >= 0.6 is 0 Å². The topological polar surface area (TPSA) is 110 Å². The molecule has 1 aromatic heterocycles. The summed E-state index contributed by atoms with van der Waals surface area (Å²) in [7, 11) is 0. The van der Waals surface area contributed by atoms with Crippen LogP contribution in [-0.4, -0.2) is 66.1 Å². The van der Waals surface area contributed by atoms with E-state index in [9.17, 15) is 18.8 Å². The van der Waals surface area contributed by atoms with Crippen molar-refractivity contribution in [2.24, 2.45) is 5.41 Å². The van der Waals surface area contributed by atoms with Crippen LogP contribution in [0.15, 0.2) is 36.5 Å². The number of halogens is 1. The molecule has 184 valence electrons. The number of nitrogens with zero attached hydrogens (tertiary/aromatic N) is 2. The van der Waals surface area contributed by atoms with Crippen LogP contribution in [0.1, 0.15) is 46.9 Å². The Labute approximate surface area is 202 Å². The lowest BCUT2D eigenvalue weighted by Gasteiger charge is -2.38. The Morgan fingerprint density at radius 2 is 2.03 bits per heavy atom. The Kier molecular flexibility index (Phi) is 6.14. The van der Waals surface area contributed by atoms with Crippen molar-refractivity contribution < 1.29 is 28.2 Å². The number of hydrogen-bond donors (Lipinski definition) is 2. The maximum atomic E-state index is 13.4. The lowest BCUT2D eigenvalue weighted by molar-refractivity contribution is -0.122. The normalized spacial score (nSPS) is 22.8. The summed E-state index contributed by atoms with van der Waals surface area (Å²) < 4.78 is 24.9. The van der Waals surface area contributed by atoms with Crippen molar-refractivity contribution in [1.29, 1.82) is 0 Å². The van der Waals surface area contributed by atoms with E-state index in [1.165, 1.54) is 12.3 Å². The second-order valence-electron chi connectivity index (χ2n) is 9.47. The number of nitrogens with one attached hydrogen (secondary N) is 2. The van der Waals surface area contributed by atoms with Crippen LogP contribution in [0.5, 0.6) is 5.75 Å². The molecule has 9 nitrogen and oxygen atoms in total. The largest absolute Gasteiger partial charge is 0.479 e. The van der Waals surface area contributed by atoms with Crippen molar-refractivity contribution in [3.8, 4) is 5.75 Å². The number of ether oxygens (including phenoxy) is 2. The highest BCUT2D eigenvalue weighted by atomic mass is 19.1. The number of pyridine rings is 1. The van der Waals surface area contributed by atoms with Gasteiger partial charge in [0.1, 0.15) is 5.75 Å². The van der Waals surface area contributed by atoms with Crippen LogP contribution in [-0.2, 0) is 9.53 Å². The van der Waals surface area contributed by atoms with Gasteiger partial charge in [0.05, 0.1) is 18.4 Å². The molecule has 2 fully saturated rings. The zero-order valence-electron chi connectivity index (χ0n) is 19.4. The van der Waals surface area contributed by atoms with Gasteiger partial charge in [-0.3, -0.25) is 14.4 Å². The van der Waals surface area contributed by atoms with E-state index >= 15 is 0 Å². The van der Waals surface area contributed by atoms with Gasteiger partial charge in [-0.05, 0) is 55.9 Å². The highest BCUT2D eigenvalue weighted by Crippen LogP contribution is 2.42. The van der Waals surface area contributed by atoms with E-state index in [4.69, 9.17) is 9.47 Å². The fourth-order valence-corrected chi connectivity index (χ4v) is 4.94. The number of likely N-dealkylation sites (tertiary alicyclic amines) is 1. The molecule has 0 aliphatic carbocycles. The number of carbonyl (C=O) groups excluding carboxylic acids is 3. The molecule has 1 spiro atoms. The van der Waals surface area contributed by atoms with E-state index in [2.05, 4.69) is 15.6 Å². The summed E-state index contributed by atoms with van der Waals surface area (Å²) in [6.07, 6.45) is 2.99. The van der Waals surface area contributed by atoms with Crippen LogP contribution < -0.4 is 15.4 Å². The standard InChI is InChI=1S/C25H27FN4O5/c1-15-22(31)29-19-10-16(2-3-20(19)35-15)23(32)28-13-18-12-25(14-34-18)5-8-30(9-6-25)24(33)17-4-7-27-21(26)11-17/h2-4,7,10-11,15,18H,5-6,8-9,12-14H2,1H3,(H,28,32)(H,29,31). The number of hydrogen-bond acceptors (Lipinski definition) is 6. The summed E-state index contributed by atoms with van der Waals surface area (Å²) in [5.41, 5.74) is 1.18. The van der Waals surface area contributed by atoms with Crippen LogP contribution in [0, 0.1) is 11.4 Å². The SMILES string of the molecule is CC1Oc2ccc(C(=O)NCC3CC4(CCN(C(=O)c5ccnc(F)c5)CC4)CO3)cc2NC1=O. The number of fused-ring (bicyclic) bond motifs is 1. The van der Waals surface area contributed by atoms with E-state index in [0.717, 1.165) is 25.3 Å². The molecule has 3 aliphatic heterocycles. The van der Waals surface area contributed by atoms with Gasteiger partial charge in [0, 0.05) is 43.0 Å². The number of carbonyl (C=O) groups is 3. The predicted molar refractivity (Wildman–Crippen MR) is 124 cm³/mol. The van der Waals surface area contributed by atoms with Gasteiger partial charge in [-0.2, -0.15) is 4.39 Å². The summed E-state index contributed by atoms with van der Waals surface area (Å²) in [5, 5.41) is 5.67. The Morgan fingerprint density at radius 3 is 2.80 bits per heavy atom. The monoisotopic (exact) mass is 482 g/mol. The first-order valence-electron chi connectivity index (χ1n) is 11.7. The minimum absolute atomic E-state index is 0.0280.